The zero-order valence-electron chi connectivity index (χ0n) is 21.1. The average molecular weight is 482 g/mol. The van der Waals surface area contributed by atoms with Gasteiger partial charge in [-0.15, -0.1) is 0 Å². The number of benzene rings is 2. The smallest absolute Gasteiger partial charge is 0.257 e. The van der Waals surface area contributed by atoms with Crippen LogP contribution in [-0.2, 0) is 9.53 Å². The van der Waals surface area contributed by atoms with Gasteiger partial charge in [-0.05, 0) is 31.2 Å². The van der Waals surface area contributed by atoms with E-state index in [-0.39, 0.29) is 42.4 Å². The summed E-state index contributed by atoms with van der Waals surface area (Å²) < 4.78 is 11.8. The van der Waals surface area contributed by atoms with Crippen LogP contribution in [0.15, 0.2) is 48.5 Å². The number of nitrogens with zero attached hydrogens (tertiary/aromatic N) is 2. The van der Waals surface area contributed by atoms with Crippen LogP contribution in [0.4, 0.5) is 5.69 Å². The van der Waals surface area contributed by atoms with E-state index in [1.807, 2.05) is 31.7 Å². The van der Waals surface area contributed by atoms with Gasteiger partial charge in [0.15, 0.2) is 0 Å². The van der Waals surface area contributed by atoms with Crippen molar-refractivity contribution < 1.29 is 23.9 Å². The molecule has 0 aliphatic carbocycles. The molecule has 1 aliphatic rings. The van der Waals surface area contributed by atoms with Crippen molar-refractivity contribution in [1.82, 2.24) is 9.80 Å². The van der Waals surface area contributed by atoms with Crippen molar-refractivity contribution in [2.24, 2.45) is 5.92 Å². The molecule has 1 N–H and O–H groups in total. The summed E-state index contributed by atoms with van der Waals surface area (Å²) in [4.78, 5) is 42.1. The van der Waals surface area contributed by atoms with E-state index < -0.39 is 0 Å². The molecule has 8 heteroatoms. The first-order valence-electron chi connectivity index (χ1n) is 12.0. The van der Waals surface area contributed by atoms with Gasteiger partial charge in [-0.2, -0.15) is 0 Å². The van der Waals surface area contributed by atoms with Gasteiger partial charge in [0, 0.05) is 56.9 Å². The van der Waals surface area contributed by atoms with Gasteiger partial charge in [0.2, 0.25) is 5.91 Å². The van der Waals surface area contributed by atoms with Gasteiger partial charge in [-0.1, -0.05) is 32.0 Å². The number of hydrogen-bond donors (Lipinski definition) is 1. The molecule has 188 valence electrons. The lowest BCUT2D eigenvalue weighted by atomic mass is 10.0. The second kappa shape index (κ2) is 11.8. The molecule has 0 unspecified atom stereocenters. The number of carbonyl (C=O) groups is 3. The van der Waals surface area contributed by atoms with Gasteiger partial charge < -0.3 is 24.6 Å². The van der Waals surface area contributed by atoms with Crippen molar-refractivity contribution in [3.8, 4) is 5.75 Å². The van der Waals surface area contributed by atoms with E-state index in [1.165, 1.54) is 0 Å². The van der Waals surface area contributed by atoms with Crippen molar-refractivity contribution in [2.75, 3.05) is 39.2 Å². The average Bonchev–Trinajstić information content (AvgIpc) is 2.87. The van der Waals surface area contributed by atoms with E-state index in [4.69, 9.17) is 9.47 Å². The monoisotopic (exact) mass is 481 g/mol. The number of methoxy groups -OCH3 is 1. The van der Waals surface area contributed by atoms with Crippen molar-refractivity contribution in [3.05, 3.63) is 59.7 Å². The number of fused-ring (bicyclic) bond motifs is 1. The number of nitrogens with one attached hydrogen (secondary N) is 1. The molecule has 1 aliphatic heterocycles. The van der Waals surface area contributed by atoms with Crippen LogP contribution in [-0.4, -0.2) is 73.5 Å². The summed E-state index contributed by atoms with van der Waals surface area (Å²) >= 11 is 0. The highest BCUT2D eigenvalue weighted by molar-refractivity contribution is 6.05. The molecule has 2 aromatic rings. The first-order chi connectivity index (χ1) is 16.7. The van der Waals surface area contributed by atoms with Gasteiger partial charge in [0.05, 0.1) is 17.7 Å². The van der Waals surface area contributed by atoms with Gasteiger partial charge in [0.25, 0.3) is 11.8 Å². The maximum atomic E-state index is 13.3. The lowest BCUT2D eigenvalue weighted by molar-refractivity contribution is -0.135. The van der Waals surface area contributed by atoms with E-state index in [1.54, 1.807) is 61.5 Å². The van der Waals surface area contributed by atoms with Crippen LogP contribution >= 0.6 is 0 Å². The second-order valence-electron chi connectivity index (χ2n) is 9.03. The van der Waals surface area contributed by atoms with Crippen LogP contribution in [0.1, 0.15) is 47.9 Å². The number of anilines is 1. The van der Waals surface area contributed by atoms with Crippen LogP contribution in [0.2, 0.25) is 0 Å². The quantitative estimate of drug-likeness (QED) is 0.720. The molecule has 2 aromatic carbocycles. The minimum Gasteiger partial charge on any atom is -0.491 e. The molecule has 3 atom stereocenters. The predicted octanol–water partition coefficient (Wildman–Crippen LogP) is 3.68. The maximum absolute atomic E-state index is 13.3. The molecule has 0 bridgehead atoms. The highest BCUT2D eigenvalue weighted by Crippen LogP contribution is 2.27. The first-order valence-corrected chi connectivity index (χ1v) is 12.0. The molecular weight excluding hydrogens is 446 g/mol. The lowest BCUT2D eigenvalue weighted by Gasteiger charge is -2.36. The fourth-order valence-electron chi connectivity index (χ4n) is 4.19. The molecule has 0 saturated carbocycles. The van der Waals surface area contributed by atoms with Gasteiger partial charge >= 0.3 is 0 Å². The van der Waals surface area contributed by atoms with Crippen molar-refractivity contribution in [1.29, 1.82) is 0 Å². The van der Waals surface area contributed by atoms with Crippen LogP contribution < -0.4 is 10.1 Å². The Morgan fingerprint density at radius 2 is 1.83 bits per heavy atom. The molecule has 0 spiro atoms. The van der Waals surface area contributed by atoms with Crippen molar-refractivity contribution in [2.45, 2.75) is 39.3 Å². The van der Waals surface area contributed by atoms with E-state index in [0.717, 1.165) is 0 Å². The summed E-state index contributed by atoms with van der Waals surface area (Å²) in [5, 5.41) is 2.86. The molecule has 0 aromatic heterocycles. The Labute approximate surface area is 207 Å². The van der Waals surface area contributed by atoms with Crippen LogP contribution in [0.25, 0.3) is 0 Å². The zero-order chi connectivity index (χ0) is 25.5. The van der Waals surface area contributed by atoms with Crippen LogP contribution in [0.3, 0.4) is 0 Å². The number of ether oxygens (including phenoxy) is 2. The van der Waals surface area contributed by atoms with Gasteiger partial charge in [-0.3, -0.25) is 14.4 Å². The van der Waals surface area contributed by atoms with E-state index in [2.05, 4.69) is 5.32 Å². The lowest BCUT2D eigenvalue weighted by Crippen LogP contribution is -2.48. The third-order valence-electron chi connectivity index (χ3n) is 6.36. The zero-order valence-corrected chi connectivity index (χ0v) is 21.1. The van der Waals surface area contributed by atoms with Crippen LogP contribution in [0.5, 0.6) is 5.75 Å². The second-order valence-corrected chi connectivity index (χ2v) is 9.03. The van der Waals surface area contributed by atoms with Crippen molar-refractivity contribution >= 4 is 23.4 Å². The molecule has 3 amide bonds. The Kier molecular flexibility index (Phi) is 8.87. The maximum Gasteiger partial charge on any atom is 0.257 e. The highest BCUT2D eigenvalue weighted by atomic mass is 16.5. The standard InChI is InChI=1S/C27H35N3O5/c1-6-25(31)30-15-18(2)24(34-5)16-29(4)27(33)22-13-12-21(14-23(22)35-17-19(30)3)28-26(32)20-10-8-7-9-11-20/h7-14,18-19,24H,6,15-17H2,1-5H3,(H,28,32)/t18-,19+,24-/m1/s1. The molecule has 35 heavy (non-hydrogen) atoms. The van der Waals surface area contributed by atoms with Gasteiger partial charge in [-0.25, -0.2) is 0 Å². The number of likely N-dealkylation sites (N-methyl/N-ethyl adjacent to an activating group) is 1. The number of rotatable bonds is 4. The van der Waals surface area contributed by atoms with Gasteiger partial charge in [0.1, 0.15) is 12.4 Å². The molecule has 0 radical (unpaired) electrons. The number of hydrogen-bond acceptors (Lipinski definition) is 5. The number of amides is 3. The summed E-state index contributed by atoms with van der Waals surface area (Å²) in [6.45, 7) is 6.87. The Balaban J connectivity index is 1.94. The summed E-state index contributed by atoms with van der Waals surface area (Å²) in [7, 11) is 3.35. The summed E-state index contributed by atoms with van der Waals surface area (Å²) in [6.07, 6.45) is 0.149. The van der Waals surface area contributed by atoms with Crippen molar-refractivity contribution in [3.63, 3.8) is 0 Å². The SMILES string of the molecule is CCC(=O)N1C[C@@H](C)[C@H](OC)CN(C)C(=O)c2ccc(NC(=O)c3ccccc3)cc2OC[C@@H]1C. The minimum absolute atomic E-state index is 0.0164. The van der Waals surface area contributed by atoms with Crippen LogP contribution in [0, 0.1) is 5.92 Å². The Morgan fingerprint density at radius 1 is 1.11 bits per heavy atom. The highest BCUT2D eigenvalue weighted by Gasteiger charge is 2.30. The van der Waals surface area contributed by atoms with E-state index in [9.17, 15) is 14.4 Å². The normalized spacial score (nSPS) is 21.3. The summed E-state index contributed by atoms with van der Waals surface area (Å²) in [5.74, 6) is -0.0563. The fourth-order valence-corrected chi connectivity index (χ4v) is 4.19. The third kappa shape index (κ3) is 6.39. The largest absolute Gasteiger partial charge is 0.491 e. The minimum atomic E-state index is -0.257. The fraction of sp³-hybridized carbons (Fsp3) is 0.444. The third-order valence-corrected chi connectivity index (χ3v) is 6.36. The molecule has 0 fully saturated rings. The summed E-state index contributed by atoms with van der Waals surface area (Å²) in [5.41, 5.74) is 1.42. The molecule has 3 rings (SSSR count). The molecule has 8 nitrogen and oxygen atoms in total. The first kappa shape index (κ1) is 26.2. The Hall–Kier alpha value is -3.39. The predicted molar refractivity (Wildman–Crippen MR) is 135 cm³/mol. The summed E-state index contributed by atoms with van der Waals surface area (Å²) in [6, 6.07) is 13.7. The molecule has 1 heterocycles. The Bertz CT molecular complexity index is 1040. The molecule has 0 saturated heterocycles. The number of carbonyl (C=O) groups excluding carboxylic acids is 3. The van der Waals surface area contributed by atoms with E-state index in [0.29, 0.717) is 42.1 Å². The topological polar surface area (TPSA) is 88.2 Å². The Morgan fingerprint density at radius 3 is 2.49 bits per heavy atom. The molecular formula is C27H35N3O5. The van der Waals surface area contributed by atoms with E-state index >= 15 is 0 Å².